The fraction of sp³-hybridized carbons (Fsp3) is 0.444. The number of likely N-dealkylation sites (N-methyl/N-ethyl adjacent to an activating group) is 1. The Morgan fingerprint density at radius 3 is 2.55 bits per heavy atom. The zero-order valence-corrected chi connectivity index (χ0v) is 13.3. The third kappa shape index (κ3) is 4.12. The molecule has 0 radical (unpaired) electrons. The Bertz CT molecular complexity index is 577. The fourth-order valence-corrected chi connectivity index (χ4v) is 2.89. The molecule has 1 saturated heterocycles. The van der Waals surface area contributed by atoms with Crippen molar-refractivity contribution in [3.05, 3.63) is 48.3 Å². The summed E-state index contributed by atoms with van der Waals surface area (Å²) in [4.78, 5) is 13.6. The lowest BCUT2D eigenvalue weighted by atomic mass is 10.1. The molecule has 22 heavy (non-hydrogen) atoms. The Balaban J connectivity index is 1.53. The van der Waals surface area contributed by atoms with Crippen LogP contribution in [0.4, 0.5) is 0 Å². The molecule has 116 valence electrons. The molecule has 0 saturated carbocycles. The highest BCUT2D eigenvalue weighted by molar-refractivity contribution is 5.55. The fourth-order valence-electron chi connectivity index (χ4n) is 2.89. The second-order valence-corrected chi connectivity index (χ2v) is 6.02. The predicted molar refractivity (Wildman–Crippen MR) is 89.7 cm³/mol. The zero-order valence-electron chi connectivity index (χ0n) is 13.3. The third-order valence-corrected chi connectivity index (χ3v) is 4.29. The van der Waals surface area contributed by atoms with Crippen molar-refractivity contribution in [2.75, 3.05) is 39.8 Å². The molecule has 0 spiro atoms. The minimum absolute atomic E-state index is 0.809. The topological polar surface area (TPSA) is 32.3 Å². The standard InChI is InChI=1S/C18H24N4/c1-21-11-13-22(14-12-21)10-3-6-16-5-2-7-17(15-16)18-19-8-4-9-20-18/h2,4-5,7-9,15H,3,6,10-14H2,1H3. The van der Waals surface area contributed by atoms with E-state index in [4.69, 9.17) is 0 Å². The van der Waals surface area contributed by atoms with Crippen molar-refractivity contribution >= 4 is 0 Å². The Kier molecular flexibility index (Phi) is 5.14. The maximum absolute atomic E-state index is 4.33. The molecule has 1 aromatic carbocycles. The van der Waals surface area contributed by atoms with Gasteiger partial charge < -0.3 is 9.80 Å². The summed E-state index contributed by atoms with van der Waals surface area (Å²) < 4.78 is 0. The van der Waals surface area contributed by atoms with E-state index in [0.29, 0.717) is 0 Å². The van der Waals surface area contributed by atoms with Gasteiger partial charge in [-0.3, -0.25) is 0 Å². The lowest BCUT2D eigenvalue weighted by Gasteiger charge is -2.32. The number of benzene rings is 1. The summed E-state index contributed by atoms with van der Waals surface area (Å²) in [5, 5.41) is 0. The Morgan fingerprint density at radius 1 is 1.00 bits per heavy atom. The molecule has 0 aliphatic carbocycles. The molecule has 2 aromatic rings. The highest BCUT2D eigenvalue weighted by Gasteiger charge is 2.12. The molecule has 1 fully saturated rings. The molecular formula is C18H24N4. The van der Waals surface area contributed by atoms with Crippen LogP contribution in [0.25, 0.3) is 11.4 Å². The second-order valence-electron chi connectivity index (χ2n) is 6.02. The van der Waals surface area contributed by atoms with Gasteiger partial charge >= 0.3 is 0 Å². The van der Waals surface area contributed by atoms with Crippen molar-refractivity contribution in [3.8, 4) is 11.4 Å². The van der Waals surface area contributed by atoms with Crippen LogP contribution in [0.3, 0.4) is 0 Å². The van der Waals surface area contributed by atoms with Gasteiger partial charge in [0.15, 0.2) is 5.82 Å². The first-order valence-electron chi connectivity index (χ1n) is 8.08. The minimum atomic E-state index is 0.809. The summed E-state index contributed by atoms with van der Waals surface area (Å²) in [6, 6.07) is 10.5. The summed E-state index contributed by atoms with van der Waals surface area (Å²) in [5.41, 5.74) is 2.48. The van der Waals surface area contributed by atoms with Gasteiger partial charge in [0.2, 0.25) is 0 Å². The number of hydrogen-bond acceptors (Lipinski definition) is 4. The maximum Gasteiger partial charge on any atom is 0.159 e. The van der Waals surface area contributed by atoms with Crippen molar-refractivity contribution in [3.63, 3.8) is 0 Å². The van der Waals surface area contributed by atoms with Crippen LogP contribution < -0.4 is 0 Å². The molecule has 0 atom stereocenters. The van der Waals surface area contributed by atoms with Gasteiger partial charge in [0.25, 0.3) is 0 Å². The summed E-state index contributed by atoms with van der Waals surface area (Å²) >= 11 is 0. The smallest absolute Gasteiger partial charge is 0.159 e. The van der Waals surface area contributed by atoms with Gasteiger partial charge in [0, 0.05) is 44.1 Å². The molecule has 1 aliphatic rings. The molecule has 1 aliphatic heterocycles. The third-order valence-electron chi connectivity index (χ3n) is 4.29. The van der Waals surface area contributed by atoms with E-state index in [1.54, 1.807) is 12.4 Å². The van der Waals surface area contributed by atoms with Crippen LogP contribution in [0, 0.1) is 0 Å². The van der Waals surface area contributed by atoms with Crippen LogP contribution in [0.1, 0.15) is 12.0 Å². The Morgan fingerprint density at radius 2 is 1.77 bits per heavy atom. The van der Waals surface area contributed by atoms with Crippen LogP contribution in [0.5, 0.6) is 0 Å². The molecule has 1 aromatic heterocycles. The average molecular weight is 296 g/mol. The Hall–Kier alpha value is -1.78. The average Bonchev–Trinajstić information content (AvgIpc) is 2.58. The molecule has 3 rings (SSSR count). The van der Waals surface area contributed by atoms with Crippen molar-refractivity contribution in [1.29, 1.82) is 0 Å². The van der Waals surface area contributed by atoms with E-state index in [2.05, 4.69) is 51.1 Å². The maximum atomic E-state index is 4.33. The highest BCUT2D eigenvalue weighted by Crippen LogP contribution is 2.16. The van der Waals surface area contributed by atoms with Crippen molar-refractivity contribution in [2.24, 2.45) is 0 Å². The quantitative estimate of drug-likeness (QED) is 0.847. The van der Waals surface area contributed by atoms with E-state index in [-0.39, 0.29) is 0 Å². The normalized spacial score (nSPS) is 16.8. The van der Waals surface area contributed by atoms with Gasteiger partial charge in [-0.25, -0.2) is 9.97 Å². The summed E-state index contributed by atoms with van der Waals surface area (Å²) in [6.45, 7) is 5.99. The largest absolute Gasteiger partial charge is 0.304 e. The number of aromatic nitrogens is 2. The Labute approximate surface area is 132 Å². The van der Waals surface area contributed by atoms with E-state index in [1.807, 2.05) is 6.07 Å². The number of aryl methyl sites for hydroxylation is 1. The molecule has 4 heteroatoms. The highest BCUT2D eigenvalue weighted by atomic mass is 15.2. The van der Waals surface area contributed by atoms with E-state index in [0.717, 1.165) is 17.8 Å². The van der Waals surface area contributed by atoms with E-state index >= 15 is 0 Å². The SMILES string of the molecule is CN1CCN(CCCc2cccc(-c3ncccn3)c2)CC1. The van der Waals surface area contributed by atoms with Gasteiger partial charge in [-0.2, -0.15) is 0 Å². The van der Waals surface area contributed by atoms with Crippen LogP contribution in [0.15, 0.2) is 42.7 Å². The first kappa shape index (κ1) is 15.1. The van der Waals surface area contributed by atoms with Crippen molar-refractivity contribution in [2.45, 2.75) is 12.8 Å². The first-order chi connectivity index (χ1) is 10.8. The van der Waals surface area contributed by atoms with E-state index in [1.165, 1.54) is 44.7 Å². The lowest BCUT2D eigenvalue weighted by molar-refractivity contribution is 0.153. The van der Waals surface area contributed by atoms with Gasteiger partial charge in [-0.1, -0.05) is 18.2 Å². The number of hydrogen-bond donors (Lipinski definition) is 0. The van der Waals surface area contributed by atoms with Gasteiger partial charge in [-0.05, 0) is 44.1 Å². The molecule has 0 amide bonds. The van der Waals surface area contributed by atoms with Crippen LogP contribution in [-0.4, -0.2) is 59.5 Å². The molecule has 0 bridgehead atoms. The van der Waals surface area contributed by atoms with Gasteiger partial charge in [-0.15, -0.1) is 0 Å². The van der Waals surface area contributed by atoms with E-state index < -0.39 is 0 Å². The molecule has 4 nitrogen and oxygen atoms in total. The molecule has 0 unspecified atom stereocenters. The number of piperazine rings is 1. The number of nitrogens with zero attached hydrogens (tertiary/aromatic N) is 4. The van der Waals surface area contributed by atoms with Crippen LogP contribution in [-0.2, 0) is 6.42 Å². The van der Waals surface area contributed by atoms with E-state index in [9.17, 15) is 0 Å². The zero-order chi connectivity index (χ0) is 15.2. The molecule has 2 heterocycles. The second kappa shape index (κ2) is 7.47. The predicted octanol–water partition coefficient (Wildman–Crippen LogP) is 2.32. The van der Waals surface area contributed by atoms with Crippen molar-refractivity contribution < 1.29 is 0 Å². The summed E-state index contributed by atoms with van der Waals surface area (Å²) in [6.07, 6.45) is 5.92. The number of rotatable bonds is 5. The monoisotopic (exact) mass is 296 g/mol. The summed E-state index contributed by atoms with van der Waals surface area (Å²) in [5.74, 6) is 0.809. The molecule has 0 N–H and O–H groups in total. The van der Waals surface area contributed by atoms with Gasteiger partial charge in [0.1, 0.15) is 0 Å². The minimum Gasteiger partial charge on any atom is -0.304 e. The summed E-state index contributed by atoms with van der Waals surface area (Å²) in [7, 11) is 2.20. The first-order valence-corrected chi connectivity index (χ1v) is 8.08. The lowest BCUT2D eigenvalue weighted by Crippen LogP contribution is -2.44. The van der Waals surface area contributed by atoms with Crippen LogP contribution >= 0.6 is 0 Å². The van der Waals surface area contributed by atoms with Gasteiger partial charge in [0.05, 0.1) is 0 Å². The molecular weight excluding hydrogens is 272 g/mol. The van der Waals surface area contributed by atoms with Crippen LogP contribution in [0.2, 0.25) is 0 Å². The van der Waals surface area contributed by atoms with Crippen molar-refractivity contribution in [1.82, 2.24) is 19.8 Å².